The van der Waals surface area contributed by atoms with E-state index in [9.17, 15) is 8.42 Å². The van der Waals surface area contributed by atoms with E-state index in [1.807, 2.05) is 27.7 Å². The molecule has 0 aliphatic rings. The predicted molar refractivity (Wildman–Crippen MR) is 87.4 cm³/mol. The van der Waals surface area contributed by atoms with Crippen LogP contribution in [-0.4, -0.2) is 19.0 Å². The number of hydrogen-bond donors (Lipinski definition) is 1. The Morgan fingerprint density at radius 2 is 1.75 bits per heavy atom. The predicted octanol–water partition coefficient (Wildman–Crippen LogP) is 3.56. The van der Waals surface area contributed by atoms with Gasteiger partial charge in [0, 0.05) is 5.25 Å². The van der Waals surface area contributed by atoms with Crippen LogP contribution in [-0.2, 0) is 10.0 Å². The van der Waals surface area contributed by atoms with Crippen LogP contribution in [0, 0.1) is 12.8 Å². The molecule has 1 rings (SSSR count). The van der Waals surface area contributed by atoms with E-state index in [1.165, 1.54) is 0 Å². The zero-order valence-corrected chi connectivity index (χ0v) is 14.1. The average molecular weight is 313 g/mol. The second-order valence-corrected chi connectivity index (χ2v) is 8.57. The smallest absolute Gasteiger partial charge is 0.207 e. The molecule has 1 aromatic rings. The van der Waals surface area contributed by atoms with Crippen LogP contribution in [0.5, 0.6) is 0 Å². The van der Waals surface area contributed by atoms with Gasteiger partial charge in [0.15, 0.2) is 0 Å². The van der Waals surface area contributed by atoms with Crippen LogP contribution in [0.1, 0.15) is 26.3 Å². The maximum atomic E-state index is 12.4. The summed E-state index contributed by atoms with van der Waals surface area (Å²) in [6, 6.07) is 6.87. The second kappa shape index (κ2) is 7.29. The molecule has 0 saturated heterocycles. The van der Waals surface area contributed by atoms with Crippen LogP contribution in [0.25, 0.3) is 0 Å². The van der Waals surface area contributed by atoms with Crippen molar-refractivity contribution in [3.05, 3.63) is 42.5 Å². The normalized spacial score (nSPS) is 15.1. The summed E-state index contributed by atoms with van der Waals surface area (Å²) in [5.74, 6) is 0.0580. The highest BCUT2D eigenvalue weighted by atomic mass is 32.2. The highest BCUT2D eigenvalue weighted by Gasteiger charge is 2.24. The highest BCUT2D eigenvalue weighted by Crippen LogP contribution is 2.24. The summed E-state index contributed by atoms with van der Waals surface area (Å²) in [5, 5.41) is 0.127. The van der Waals surface area contributed by atoms with Crippen molar-refractivity contribution in [2.45, 2.75) is 43.2 Å². The first kappa shape index (κ1) is 17.3. The van der Waals surface area contributed by atoms with Gasteiger partial charge in [-0.15, -0.1) is 18.3 Å². The monoisotopic (exact) mass is 313 g/mol. The van der Waals surface area contributed by atoms with Gasteiger partial charge >= 0.3 is 0 Å². The van der Waals surface area contributed by atoms with Crippen LogP contribution in [0.3, 0.4) is 0 Å². The van der Waals surface area contributed by atoms with Crippen LogP contribution >= 0.6 is 11.8 Å². The summed E-state index contributed by atoms with van der Waals surface area (Å²) in [5.41, 5.74) is 1.04. The molecule has 0 amide bonds. The summed E-state index contributed by atoms with van der Waals surface area (Å²) in [7, 11) is -3.50. The van der Waals surface area contributed by atoms with Gasteiger partial charge in [-0.05, 0) is 25.0 Å². The molecule has 0 heterocycles. The van der Waals surface area contributed by atoms with Gasteiger partial charge in [-0.3, -0.25) is 0 Å². The van der Waals surface area contributed by atoms with Crippen molar-refractivity contribution in [3.8, 4) is 0 Å². The summed E-state index contributed by atoms with van der Waals surface area (Å²) in [6.45, 7) is 11.7. The molecule has 20 heavy (non-hydrogen) atoms. The second-order valence-electron chi connectivity index (χ2n) is 5.13. The Bertz CT molecular complexity index is 535. The standard InChI is InChI=1S/C15H23NO2S2/c1-6-13(5)15(19-11(2)3)16-20(17,18)14-9-7-12(4)8-10-14/h6-11,13,15-16H,1H2,2-5H3/t13-,15-/m1/s1. The van der Waals surface area contributed by atoms with Crippen LogP contribution < -0.4 is 4.72 Å². The molecule has 5 heteroatoms. The van der Waals surface area contributed by atoms with E-state index < -0.39 is 10.0 Å². The van der Waals surface area contributed by atoms with Gasteiger partial charge in [0.05, 0.1) is 10.3 Å². The molecule has 112 valence electrons. The molecule has 0 fully saturated rings. The fraction of sp³-hybridized carbons (Fsp3) is 0.467. The first-order valence-corrected chi connectivity index (χ1v) is 9.06. The van der Waals surface area contributed by atoms with Gasteiger partial charge in [0.25, 0.3) is 0 Å². The van der Waals surface area contributed by atoms with Gasteiger partial charge in [-0.25, -0.2) is 8.42 Å². The molecular formula is C15H23NO2S2. The number of nitrogens with one attached hydrogen (secondary N) is 1. The van der Waals surface area contributed by atoms with Crippen LogP contribution in [0.2, 0.25) is 0 Å². The molecule has 0 aliphatic heterocycles. The lowest BCUT2D eigenvalue weighted by Crippen LogP contribution is -2.37. The fourth-order valence-electron chi connectivity index (χ4n) is 1.61. The third-order valence-electron chi connectivity index (χ3n) is 2.87. The Morgan fingerprint density at radius 1 is 1.20 bits per heavy atom. The molecule has 0 unspecified atom stereocenters. The van der Waals surface area contributed by atoms with E-state index in [2.05, 4.69) is 11.3 Å². The third kappa shape index (κ3) is 4.96. The summed E-state index contributed by atoms with van der Waals surface area (Å²) >= 11 is 1.60. The Morgan fingerprint density at radius 3 is 2.20 bits per heavy atom. The molecule has 0 bridgehead atoms. The Kier molecular flexibility index (Phi) is 6.30. The summed E-state index contributed by atoms with van der Waals surface area (Å²) in [6.07, 6.45) is 1.78. The zero-order chi connectivity index (χ0) is 15.3. The van der Waals surface area contributed by atoms with Gasteiger partial charge in [-0.1, -0.05) is 44.5 Å². The van der Waals surface area contributed by atoms with Crippen molar-refractivity contribution in [1.82, 2.24) is 4.72 Å². The summed E-state index contributed by atoms with van der Waals surface area (Å²) < 4.78 is 27.6. The van der Waals surface area contributed by atoms with Gasteiger partial charge < -0.3 is 0 Å². The first-order valence-electron chi connectivity index (χ1n) is 6.63. The largest absolute Gasteiger partial charge is 0.241 e. The minimum Gasteiger partial charge on any atom is -0.207 e. The van der Waals surface area contributed by atoms with E-state index in [4.69, 9.17) is 0 Å². The number of sulfonamides is 1. The summed E-state index contributed by atoms with van der Waals surface area (Å²) in [4.78, 5) is 0.300. The Labute approximate surface area is 126 Å². The number of aryl methyl sites for hydroxylation is 1. The quantitative estimate of drug-likeness (QED) is 0.618. The molecule has 1 N–H and O–H groups in total. The minimum atomic E-state index is -3.50. The van der Waals surface area contributed by atoms with E-state index in [0.717, 1.165) is 5.56 Å². The lowest BCUT2D eigenvalue weighted by molar-refractivity contribution is 0.560. The van der Waals surface area contributed by atoms with Crippen molar-refractivity contribution in [1.29, 1.82) is 0 Å². The zero-order valence-electron chi connectivity index (χ0n) is 12.5. The average Bonchev–Trinajstić information content (AvgIpc) is 2.36. The van der Waals surface area contributed by atoms with Crippen LogP contribution in [0.4, 0.5) is 0 Å². The molecule has 0 aliphatic carbocycles. The van der Waals surface area contributed by atoms with Crippen molar-refractivity contribution in [3.63, 3.8) is 0 Å². The van der Waals surface area contributed by atoms with Gasteiger partial charge in [0.1, 0.15) is 0 Å². The molecule has 0 spiro atoms. The van der Waals surface area contributed by atoms with E-state index in [1.54, 1.807) is 42.1 Å². The van der Waals surface area contributed by atoms with E-state index in [0.29, 0.717) is 10.1 Å². The highest BCUT2D eigenvalue weighted by molar-refractivity contribution is 8.01. The number of benzene rings is 1. The number of hydrogen-bond acceptors (Lipinski definition) is 3. The maximum Gasteiger partial charge on any atom is 0.241 e. The van der Waals surface area contributed by atoms with Gasteiger partial charge in [0.2, 0.25) is 10.0 Å². The number of thioether (sulfide) groups is 1. The molecule has 0 radical (unpaired) electrons. The van der Waals surface area contributed by atoms with Crippen molar-refractivity contribution < 1.29 is 8.42 Å². The molecular weight excluding hydrogens is 290 g/mol. The van der Waals surface area contributed by atoms with Crippen molar-refractivity contribution >= 4 is 21.8 Å². The maximum absolute atomic E-state index is 12.4. The first-order chi connectivity index (χ1) is 9.26. The van der Waals surface area contributed by atoms with Crippen molar-refractivity contribution in [2.24, 2.45) is 5.92 Å². The van der Waals surface area contributed by atoms with Gasteiger partial charge in [-0.2, -0.15) is 4.72 Å². The van der Waals surface area contributed by atoms with Crippen molar-refractivity contribution in [2.75, 3.05) is 0 Å². The molecule has 3 nitrogen and oxygen atoms in total. The molecule has 2 atom stereocenters. The third-order valence-corrected chi connectivity index (χ3v) is 5.86. The molecule has 1 aromatic carbocycles. The fourth-order valence-corrected chi connectivity index (χ4v) is 4.31. The van der Waals surface area contributed by atoms with E-state index >= 15 is 0 Å². The lowest BCUT2D eigenvalue weighted by atomic mass is 10.2. The van der Waals surface area contributed by atoms with E-state index in [-0.39, 0.29) is 11.3 Å². The minimum absolute atomic E-state index is 0.0580. The lowest BCUT2D eigenvalue weighted by Gasteiger charge is -2.24. The number of rotatable bonds is 7. The Balaban J connectivity index is 2.96. The SMILES string of the molecule is C=C[C@@H](C)[C@H](NS(=O)(=O)c1ccc(C)cc1)SC(C)C. The topological polar surface area (TPSA) is 46.2 Å². The molecule has 0 saturated carbocycles. The Hall–Kier alpha value is -0.780. The van der Waals surface area contributed by atoms with Crippen LogP contribution in [0.15, 0.2) is 41.8 Å². The molecule has 0 aromatic heterocycles.